The van der Waals surface area contributed by atoms with Crippen LogP contribution < -0.4 is 15.4 Å². The van der Waals surface area contributed by atoms with E-state index in [4.69, 9.17) is 4.74 Å². The van der Waals surface area contributed by atoms with Crippen LogP contribution >= 0.6 is 27.3 Å². The maximum atomic E-state index is 12.0. The van der Waals surface area contributed by atoms with Crippen LogP contribution in [0, 0.1) is 0 Å². The number of hydrogen-bond donors (Lipinski definition) is 2. The number of hydrogen-bond acceptors (Lipinski definition) is 4. The first-order chi connectivity index (χ1) is 11.0. The summed E-state index contributed by atoms with van der Waals surface area (Å²) in [6, 6.07) is 8.95. The van der Waals surface area contributed by atoms with E-state index < -0.39 is 0 Å². The number of benzene rings is 1. The van der Waals surface area contributed by atoms with Crippen LogP contribution in [0.4, 0.5) is 0 Å². The van der Waals surface area contributed by atoms with Crippen molar-refractivity contribution >= 4 is 39.1 Å². The molecule has 2 N–H and O–H groups in total. The van der Waals surface area contributed by atoms with Gasteiger partial charge in [-0.3, -0.25) is 9.59 Å². The molecule has 1 heterocycles. The lowest BCUT2D eigenvalue weighted by Gasteiger charge is -2.16. The molecule has 0 fully saturated rings. The van der Waals surface area contributed by atoms with Crippen molar-refractivity contribution in [2.24, 2.45) is 0 Å². The van der Waals surface area contributed by atoms with Gasteiger partial charge in [-0.15, -0.1) is 11.3 Å². The summed E-state index contributed by atoms with van der Waals surface area (Å²) in [6.45, 7) is 1.83. The van der Waals surface area contributed by atoms with Gasteiger partial charge in [-0.2, -0.15) is 0 Å². The van der Waals surface area contributed by atoms with Gasteiger partial charge in [0.1, 0.15) is 5.75 Å². The Morgan fingerprint density at radius 3 is 2.74 bits per heavy atom. The fraction of sp³-hybridized carbons (Fsp3) is 0.250. The number of halogens is 1. The van der Waals surface area contributed by atoms with Crippen molar-refractivity contribution in [1.29, 1.82) is 0 Å². The van der Waals surface area contributed by atoms with Crippen molar-refractivity contribution in [1.82, 2.24) is 10.6 Å². The molecule has 0 aliphatic rings. The van der Waals surface area contributed by atoms with Crippen molar-refractivity contribution in [2.45, 2.75) is 13.0 Å². The molecule has 0 unspecified atom stereocenters. The SMILES string of the molecule is COc1ccc([C@H](C)NC(=O)CNC(=O)c2cccs2)cc1Br. The Hall–Kier alpha value is -1.86. The van der Waals surface area contributed by atoms with E-state index in [2.05, 4.69) is 26.6 Å². The summed E-state index contributed by atoms with van der Waals surface area (Å²) in [5.41, 5.74) is 0.940. The van der Waals surface area contributed by atoms with E-state index in [1.165, 1.54) is 11.3 Å². The number of nitrogens with one attached hydrogen (secondary N) is 2. The molecule has 2 rings (SSSR count). The van der Waals surface area contributed by atoms with Gasteiger partial charge >= 0.3 is 0 Å². The number of carbonyl (C=O) groups excluding carboxylic acids is 2. The van der Waals surface area contributed by atoms with E-state index in [9.17, 15) is 9.59 Å². The second-order valence-corrected chi connectivity index (χ2v) is 6.65. The fourth-order valence-electron chi connectivity index (χ4n) is 1.98. The van der Waals surface area contributed by atoms with Crippen molar-refractivity contribution in [3.05, 3.63) is 50.6 Å². The van der Waals surface area contributed by atoms with Crippen LogP contribution in [-0.4, -0.2) is 25.5 Å². The Balaban J connectivity index is 1.87. The van der Waals surface area contributed by atoms with Gasteiger partial charge in [-0.05, 0) is 52.0 Å². The summed E-state index contributed by atoms with van der Waals surface area (Å²) in [5.74, 6) is 0.250. The average Bonchev–Trinajstić information content (AvgIpc) is 3.07. The number of ether oxygens (including phenoxy) is 1. The quantitative estimate of drug-likeness (QED) is 0.787. The normalized spacial score (nSPS) is 11.6. The van der Waals surface area contributed by atoms with E-state index in [1.54, 1.807) is 19.2 Å². The fourth-order valence-corrected chi connectivity index (χ4v) is 3.18. The third-order valence-electron chi connectivity index (χ3n) is 3.21. The lowest BCUT2D eigenvalue weighted by atomic mass is 10.1. The van der Waals surface area contributed by atoms with E-state index >= 15 is 0 Å². The summed E-state index contributed by atoms with van der Waals surface area (Å²) in [4.78, 5) is 24.3. The highest BCUT2D eigenvalue weighted by molar-refractivity contribution is 9.10. The average molecular weight is 397 g/mol. The first-order valence-electron chi connectivity index (χ1n) is 6.95. The maximum Gasteiger partial charge on any atom is 0.261 e. The van der Waals surface area contributed by atoms with E-state index in [0.29, 0.717) is 4.88 Å². The number of carbonyl (C=O) groups is 2. The van der Waals surface area contributed by atoms with Gasteiger partial charge in [0.25, 0.3) is 5.91 Å². The van der Waals surface area contributed by atoms with Crippen molar-refractivity contribution < 1.29 is 14.3 Å². The summed E-state index contributed by atoms with van der Waals surface area (Å²) < 4.78 is 6.00. The van der Waals surface area contributed by atoms with Crippen molar-refractivity contribution in [2.75, 3.05) is 13.7 Å². The second kappa shape index (κ2) is 8.12. The zero-order valence-corrected chi connectivity index (χ0v) is 15.2. The molecule has 122 valence electrons. The monoisotopic (exact) mass is 396 g/mol. The summed E-state index contributed by atoms with van der Waals surface area (Å²) >= 11 is 4.76. The van der Waals surface area contributed by atoms with Crippen LogP contribution in [0.5, 0.6) is 5.75 Å². The molecular weight excluding hydrogens is 380 g/mol. The minimum Gasteiger partial charge on any atom is -0.496 e. The molecule has 1 atom stereocenters. The molecule has 1 aromatic heterocycles. The Kier molecular flexibility index (Phi) is 6.18. The first-order valence-corrected chi connectivity index (χ1v) is 8.63. The molecule has 0 saturated heterocycles. The highest BCUT2D eigenvalue weighted by Crippen LogP contribution is 2.27. The van der Waals surface area contributed by atoms with Gasteiger partial charge in [0.2, 0.25) is 5.91 Å². The summed E-state index contributed by atoms with van der Waals surface area (Å²) in [5, 5.41) is 7.27. The molecule has 0 aliphatic heterocycles. The molecule has 0 aliphatic carbocycles. The van der Waals surface area contributed by atoms with Crippen LogP contribution in [0.15, 0.2) is 40.2 Å². The first kappa shape index (κ1) is 17.5. The Bertz CT molecular complexity index is 689. The predicted molar refractivity (Wildman–Crippen MR) is 93.9 cm³/mol. The van der Waals surface area contributed by atoms with Gasteiger partial charge in [-0.1, -0.05) is 12.1 Å². The third-order valence-corrected chi connectivity index (χ3v) is 4.70. The number of rotatable bonds is 6. The largest absolute Gasteiger partial charge is 0.496 e. The molecule has 5 nitrogen and oxygen atoms in total. The molecule has 23 heavy (non-hydrogen) atoms. The number of thiophene rings is 1. The molecule has 7 heteroatoms. The maximum absolute atomic E-state index is 12.0. The van der Waals surface area contributed by atoms with E-state index in [0.717, 1.165) is 15.8 Å². The number of amides is 2. The van der Waals surface area contributed by atoms with Crippen molar-refractivity contribution in [3.8, 4) is 5.75 Å². The van der Waals surface area contributed by atoms with Gasteiger partial charge in [0, 0.05) is 0 Å². The number of methoxy groups -OCH3 is 1. The molecule has 0 radical (unpaired) electrons. The molecule has 0 spiro atoms. The van der Waals surface area contributed by atoms with Gasteiger partial charge in [0.05, 0.1) is 29.0 Å². The van der Waals surface area contributed by atoms with Crippen LogP contribution in [-0.2, 0) is 4.79 Å². The second-order valence-electron chi connectivity index (χ2n) is 4.84. The zero-order valence-electron chi connectivity index (χ0n) is 12.8. The third kappa shape index (κ3) is 4.80. The van der Waals surface area contributed by atoms with Crippen LogP contribution in [0.25, 0.3) is 0 Å². The molecule has 0 saturated carbocycles. The zero-order chi connectivity index (χ0) is 16.8. The highest BCUT2D eigenvalue weighted by Gasteiger charge is 2.13. The van der Waals surface area contributed by atoms with E-state index in [1.807, 2.05) is 30.5 Å². The Labute approximate surface area is 147 Å². The van der Waals surface area contributed by atoms with Crippen LogP contribution in [0.2, 0.25) is 0 Å². The van der Waals surface area contributed by atoms with Gasteiger partial charge < -0.3 is 15.4 Å². The van der Waals surface area contributed by atoms with Crippen LogP contribution in [0.3, 0.4) is 0 Å². The molecule has 2 aromatic rings. The Morgan fingerprint density at radius 1 is 1.35 bits per heavy atom. The molecule has 2 amide bonds. The highest BCUT2D eigenvalue weighted by atomic mass is 79.9. The molecule has 1 aromatic carbocycles. The van der Waals surface area contributed by atoms with Crippen molar-refractivity contribution in [3.63, 3.8) is 0 Å². The predicted octanol–water partition coefficient (Wildman–Crippen LogP) is 3.13. The minimum absolute atomic E-state index is 0.0571. The van der Waals surface area contributed by atoms with E-state index in [-0.39, 0.29) is 24.4 Å². The minimum atomic E-state index is -0.241. The smallest absolute Gasteiger partial charge is 0.261 e. The summed E-state index contributed by atoms with van der Waals surface area (Å²) in [7, 11) is 1.60. The molecule has 0 bridgehead atoms. The van der Waals surface area contributed by atoms with Crippen LogP contribution in [0.1, 0.15) is 28.2 Å². The molecular formula is C16H17BrN2O3S. The van der Waals surface area contributed by atoms with Gasteiger partial charge in [0.15, 0.2) is 0 Å². The topological polar surface area (TPSA) is 67.4 Å². The lowest BCUT2D eigenvalue weighted by Crippen LogP contribution is -2.37. The van der Waals surface area contributed by atoms with Gasteiger partial charge in [-0.25, -0.2) is 0 Å². The standard InChI is InChI=1S/C16H17BrN2O3S/c1-10(11-5-6-13(22-2)12(17)8-11)19-15(20)9-18-16(21)14-4-3-7-23-14/h3-8,10H,9H2,1-2H3,(H,18,21)(H,19,20)/t10-/m0/s1. The summed E-state index contributed by atoms with van der Waals surface area (Å²) in [6.07, 6.45) is 0. The lowest BCUT2D eigenvalue weighted by molar-refractivity contribution is -0.120. The Morgan fingerprint density at radius 2 is 2.13 bits per heavy atom.